The molecule has 1 rings (SSSR count). The van der Waals surface area contributed by atoms with E-state index in [0.29, 0.717) is 18.5 Å². The van der Waals surface area contributed by atoms with E-state index < -0.39 is 30.6 Å². The van der Waals surface area contributed by atoms with Gasteiger partial charge in [-0.05, 0) is 43.4 Å². The molecule has 11 heteroatoms. The van der Waals surface area contributed by atoms with Crippen molar-refractivity contribution in [2.75, 3.05) is 11.9 Å². The van der Waals surface area contributed by atoms with E-state index in [1.54, 1.807) is 31.2 Å². The number of ether oxygens (including phenoxy) is 1. The Labute approximate surface area is 194 Å². The summed E-state index contributed by atoms with van der Waals surface area (Å²) in [5.74, 6) is -0.789. The van der Waals surface area contributed by atoms with Gasteiger partial charge in [-0.25, -0.2) is 4.79 Å². The lowest BCUT2D eigenvalue weighted by atomic mass is 10.0. The van der Waals surface area contributed by atoms with Crippen LogP contribution in [0.2, 0.25) is 0 Å². The molecule has 0 bridgehead atoms. The van der Waals surface area contributed by atoms with Gasteiger partial charge in [0.1, 0.15) is 19.1 Å². The highest BCUT2D eigenvalue weighted by atomic mass is 16.5. The molecule has 33 heavy (non-hydrogen) atoms. The van der Waals surface area contributed by atoms with Gasteiger partial charge in [-0.1, -0.05) is 26.0 Å². The summed E-state index contributed by atoms with van der Waals surface area (Å²) in [6, 6.07) is 4.88. The van der Waals surface area contributed by atoms with Crippen LogP contribution >= 0.6 is 0 Å². The van der Waals surface area contributed by atoms with E-state index in [0.717, 1.165) is 5.56 Å². The molecule has 0 heterocycles. The molecule has 2 unspecified atom stereocenters. The van der Waals surface area contributed by atoms with Crippen molar-refractivity contribution in [3.8, 4) is 0 Å². The minimum Gasteiger partial charge on any atom is -0.461 e. The number of esters is 1. The maximum absolute atomic E-state index is 13.0. The lowest BCUT2D eigenvalue weighted by Gasteiger charge is -2.32. The summed E-state index contributed by atoms with van der Waals surface area (Å²) in [5.41, 5.74) is 6.38. The number of amides is 3. The molecule has 0 aromatic heterocycles. The van der Waals surface area contributed by atoms with Crippen molar-refractivity contribution in [1.82, 2.24) is 16.0 Å². The molecule has 3 amide bonds. The summed E-state index contributed by atoms with van der Waals surface area (Å²) < 4.78 is 4.94. The molecule has 0 aliphatic carbocycles. The lowest BCUT2D eigenvalue weighted by Crippen LogP contribution is -2.57. The van der Waals surface area contributed by atoms with Crippen molar-refractivity contribution in [2.45, 2.75) is 71.7 Å². The van der Waals surface area contributed by atoms with E-state index in [1.807, 2.05) is 13.8 Å². The first-order chi connectivity index (χ1) is 15.5. The number of aliphatic hydroxyl groups excluding tert-OH is 2. The maximum atomic E-state index is 13.0. The maximum Gasteiger partial charge on any atom is 0.312 e. The molecular formula is C22H37N5O6. The summed E-state index contributed by atoms with van der Waals surface area (Å²) in [4.78, 5) is 34.8. The van der Waals surface area contributed by atoms with Crippen molar-refractivity contribution >= 4 is 23.6 Å². The first-order valence-corrected chi connectivity index (χ1v) is 10.9. The number of urea groups is 1. The third kappa shape index (κ3) is 11.6. The van der Waals surface area contributed by atoms with E-state index in [-0.39, 0.29) is 30.9 Å². The summed E-state index contributed by atoms with van der Waals surface area (Å²) in [7, 11) is 0. The number of benzene rings is 1. The molecule has 0 aliphatic rings. The molecule has 11 nitrogen and oxygen atoms in total. The first-order valence-electron chi connectivity index (χ1n) is 10.9. The van der Waals surface area contributed by atoms with Crippen LogP contribution in [0.3, 0.4) is 0 Å². The zero-order valence-electron chi connectivity index (χ0n) is 19.6. The zero-order valence-corrected chi connectivity index (χ0v) is 19.6. The quantitative estimate of drug-likeness (QED) is 0.117. The number of hydrogen-bond donors (Lipinski definition) is 7. The number of aliphatic hydroxyl groups is 2. The molecule has 0 saturated carbocycles. The summed E-state index contributed by atoms with van der Waals surface area (Å²) in [5, 5.41) is 31.4. The van der Waals surface area contributed by atoms with Crippen LogP contribution in [-0.4, -0.2) is 59.2 Å². The number of primary amides is 1. The van der Waals surface area contributed by atoms with Crippen LogP contribution in [0.1, 0.15) is 46.1 Å². The number of nitrogens with two attached hydrogens (primary N) is 1. The van der Waals surface area contributed by atoms with Crippen molar-refractivity contribution in [3.63, 3.8) is 0 Å². The second kappa shape index (κ2) is 14.4. The van der Waals surface area contributed by atoms with Crippen LogP contribution in [-0.2, 0) is 20.9 Å². The predicted octanol–water partition coefficient (Wildman–Crippen LogP) is 0.366. The lowest BCUT2D eigenvalue weighted by molar-refractivity contribution is -0.142. The Morgan fingerprint density at radius 3 is 2.21 bits per heavy atom. The highest BCUT2D eigenvalue weighted by Gasteiger charge is 2.28. The van der Waals surface area contributed by atoms with Crippen LogP contribution in [0.25, 0.3) is 0 Å². The van der Waals surface area contributed by atoms with Crippen LogP contribution < -0.4 is 27.0 Å². The Hall–Kier alpha value is -2.73. The minimum absolute atomic E-state index is 0.0351. The Kier molecular flexibility index (Phi) is 12.4. The van der Waals surface area contributed by atoms with Gasteiger partial charge < -0.3 is 31.3 Å². The van der Waals surface area contributed by atoms with Crippen molar-refractivity contribution in [1.29, 1.82) is 0 Å². The van der Waals surface area contributed by atoms with Gasteiger partial charge >= 0.3 is 12.0 Å². The molecule has 186 valence electrons. The third-order valence-corrected chi connectivity index (χ3v) is 4.81. The molecule has 0 spiro atoms. The van der Waals surface area contributed by atoms with E-state index in [1.165, 1.54) is 6.92 Å². The third-order valence-electron chi connectivity index (χ3n) is 4.81. The molecule has 0 radical (unpaired) electrons. The monoisotopic (exact) mass is 467 g/mol. The second-order valence-electron chi connectivity index (χ2n) is 8.18. The average Bonchev–Trinajstić information content (AvgIpc) is 2.72. The molecule has 4 atom stereocenters. The molecule has 1 aromatic carbocycles. The van der Waals surface area contributed by atoms with Gasteiger partial charge in [-0.15, -0.1) is 0 Å². The number of hydrogen-bond acceptors (Lipinski definition) is 8. The van der Waals surface area contributed by atoms with Crippen LogP contribution in [0, 0.1) is 5.92 Å². The summed E-state index contributed by atoms with van der Waals surface area (Å²) in [6.45, 7) is 7.06. The van der Waals surface area contributed by atoms with E-state index in [4.69, 9.17) is 10.5 Å². The SMILES string of the molecule is CC(=O)OCc1ccc(NC(=O)[C@H](CCCNC(N)=O)NC(O)[C@@H](NC(C)O)C(C)C)cc1. The highest BCUT2D eigenvalue weighted by Crippen LogP contribution is 2.13. The standard InChI is InChI=1S/C22H37N5O6/c1-13(2)19(25-14(3)28)21(31)27-18(6-5-11-24-22(23)32)20(30)26-17-9-7-16(8-10-17)12-33-15(4)29/h7-10,13-14,18-19,21,25,27-28,31H,5-6,11-12H2,1-4H3,(H,26,30)(H3,23,24,32)/t14?,18-,19-,21?/m0/s1. The van der Waals surface area contributed by atoms with Gasteiger partial charge in [0.25, 0.3) is 0 Å². The topological polar surface area (TPSA) is 175 Å². The fourth-order valence-electron chi connectivity index (χ4n) is 3.14. The number of rotatable bonds is 14. The van der Waals surface area contributed by atoms with Crippen LogP contribution in [0.5, 0.6) is 0 Å². The minimum atomic E-state index is -1.12. The van der Waals surface area contributed by atoms with Crippen LogP contribution in [0.4, 0.5) is 10.5 Å². The molecule has 0 fully saturated rings. The summed E-state index contributed by atoms with van der Waals surface area (Å²) in [6.07, 6.45) is -1.21. The Morgan fingerprint density at radius 2 is 1.70 bits per heavy atom. The molecule has 0 aliphatic heterocycles. The van der Waals surface area contributed by atoms with E-state index >= 15 is 0 Å². The number of nitrogens with one attached hydrogen (secondary N) is 4. The van der Waals surface area contributed by atoms with Gasteiger partial charge in [-0.2, -0.15) is 0 Å². The van der Waals surface area contributed by atoms with Gasteiger partial charge in [-0.3, -0.25) is 20.2 Å². The molecule has 1 aromatic rings. The first kappa shape index (κ1) is 28.3. The van der Waals surface area contributed by atoms with Crippen LogP contribution in [0.15, 0.2) is 24.3 Å². The Balaban J connectivity index is 2.85. The fourth-order valence-corrected chi connectivity index (χ4v) is 3.14. The highest BCUT2D eigenvalue weighted by molar-refractivity contribution is 5.94. The van der Waals surface area contributed by atoms with Gasteiger partial charge in [0.15, 0.2) is 0 Å². The average molecular weight is 468 g/mol. The van der Waals surface area contributed by atoms with Crippen molar-refractivity contribution < 1.29 is 29.3 Å². The van der Waals surface area contributed by atoms with Gasteiger partial charge in [0, 0.05) is 19.2 Å². The smallest absolute Gasteiger partial charge is 0.312 e. The molecular weight excluding hydrogens is 430 g/mol. The van der Waals surface area contributed by atoms with Gasteiger partial charge in [0.2, 0.25) is 5.91 Å². The summed E-state index contributed by atoms with van der Waals surface area (Å²) >= 11 is 0. The van der Waals surface area contributed by atoms with Gasteiger partial charge in [0.05, 0.1) is 12.1 Å². The van der Waals surface area contributed by atoms with E-state index in [9.17, 15) is 24.6 Å². The molecule has 8 N–H and O–H groups in total. The Bertz CT molecular complexity index is 756. The van der Waals surface area contributed by atoms with E-state index in [2.05, 4.69) is 21.3 Å². The Morgan fingerprint density at radius 1 is 1.06 bits per heavy atom. The number of anilines is 1. The second-order valence-corrected chi connectivity index (χ2v) is 8.18. The fraction of sp³-hybridized carbons (Fsp3) is 0.591. The van der Waals surface area contributed by atoms with Crippen molar-refractivity contribution in [2.24, 2.45) is 11.7 Å². The molecule has 0 saturated heterocycles. The largest absolute Gasteiger partial charge is 0.461 e. The zero-order chi connectivity index (χ0) is 25.0. The predicted molar refractivity (Wildman–Crippen MR) is 124 cm³/mol. The normalized spacial score (nSPS) is 14.8. The number of carbonyl (C=O) groups is 3. The number of carbonyl (C=O) groups excluding carboxylic acids is 3. The van der Waals surface area contributed by atoms with Crippen molar-refractivity contribution in [3.05, 3.63) is 29.8 Å².